The van der Waals surface area contributed by atoms with Crippen molar-refractivity contribution >= 4 is 31.9 Å². The molecule has 12 heavy (non-hydrogen) atoms. The van der Waals surface area contributed by atoms with Gasteiger partial charge in [-0.05, 0) is 18.1 Å². The third-order valence-electron chi connectivity index (χ3n) is 1.71. The molecule has 0 fully saturated rings. The second-order valence-corrected chi connectivity index (χ2v) is 4.32. The molecular weight excluding hydrogens is 282 g/mol. The molecule has 1 rings (SSSR count). The zero-order valence-corrected chi connectivity index (χ0v) is 10.1. The summed E-state index contributed by atoms with van der Waals surface area (Å²) in [5, 5.41) is 0.894. The molecule has 0 aliphatic carbocycles. The molecule has 0 amide bonds. The van der Waals surface area contributed by atoms with Crippen molar-refractivity contribution in [2.75, 3.05) is 5.33 Å². The van der Waals surface area contributed by atoms with Gasteiger partial charge in [-0.3, -0.25) is 4.98 Å². The van der Waals surface area contributed by atoms with Crippen LogP contribution in [-0.4, -0.2) is 10.3 Å². The molecule has 0 aliphatic heterocycles. The highest BCUT2D eigenvalue weighted by Crippen LogP contribution is 2.22. The van der Waals surface area contributed by atoms with E-state index in [1.54, 1.807) is 0 Å². The van der Waals surface area contributed by atoms with E-state index in [-0.39, 0.29) is 0 Å². The van der Waals surface area contributed by atoms with Gasteiger partial charge in [0, 0.05) is 11.5 Å². The molecule has 1 atom stereocenters. The highest BCUT2D eigenvalue weighted by atomic mass is 79.9. The number of rotatable bonds is 3. The molecule has 1 aromatic rings. The first-order valence-electron chi connectivity index (χ1n) is 3.92. The number of nitrogens with zero attached hydrogens (tertiary/aromatic N) is 1. The molecule has 3 heteroatoms. The Kier molecular flexibility index (Phi) is 4.22. The van der Waals surface area contributed by atoms with Crippen LogP contribution in [0.1, 0.15) is 23.0 Å². The standard InChI is InChI=1S/C9H11Br2N/c1-2-7-3-4-9(12-6-7)8(11)5-10/h3-4,6,8H,2,5H2,1H3. The lowest BCUT2D eigenvalue weighted by Crippen LogP contribution is -1.95. The van der Waals surface area contributed by atoms with Gasteiger partial charge in [0.05, 0.1) is 10.5 Å². The summed E-state index contributed by atoms with van der Waals surface area (Å²) in [5.41, 5.74) is 2.37. The second-order valence-electron chi connectivity index (χ2n) is 2.57. The lowest BCUT2D eigenvalue weighted by Gasteiger charge is -2.05. The summed E-state index contributed by atoms with van der Waals surface area (Å²) < 4.78 is 0. The van der Waals surface area contributed by atoms with Crippen molar-refractivity contribution < 1.29 is 0 Å². The fourth-order valence-electron chi connectivity index (χ4n) is 0.909. The van der Waals surface area contributed by atoms with Crippen LogP contribution in [0, 0.1) is 0 Å². The normalized spacial score (nSPS) is 12.9. The predicted molar refractivity (Wildman–Crippen MR) is 59.1 cm³/mol. The molecule has 0 saturated heterocycles. The molecule has 1 heterocycles. The van der Waals surface area contributed by atoms with E-state index < -0.39 is 0 Å². The molecular formula is C9H11Br2N. The summed E-state index contributed by atoms with van der Waals surface area (Å²) in [5.74, 6) is 0. The predicted octanol–water partition coefficient (Wildman–Crippen LogP) is 3.47. The number of pyridine rings is 1. The summed E-state index contributed by atoms with van der Waals surface area (Å²) in [7, 11) is 0. The first-order valence-corrected chi connectivity index (χ1v) is 5.96. The number of hydrogen-bond acceptors (Lipinski definition) is 1. The monoisotopic (exact) mass is 291 g/mol. The van der Waals surface area contributed by atoms with Gasteiger partial charge < -0.3 is 0 Å². The maximum atomic E-state index is 4.34. The van der Waals surface area contributed by atoms with Gasteiger partial charge in [-0.1, -0.05) is 44.8 Å². The van der Waals surface area contributed by atoms with Crippen LogP contribution in [0.5, 0.6) is 0 Å². The van der Waals surface area contributed by atoms with Crippen LogP contribution in [0.25, 0.3) is 0 Å². The van der Waals surface area contributed by atoms with Crippen molar-refractivity contribution in [1.29, 1.82) is 0 Å². The van der Waals surface area contributed by atoms with E-state index in [2.05, 4.69) is 55.9 Å². The average Bonchev–Trinajstić information content (AvgIpc) is 2.17. The van der Waals surface area contributed by atoms with E-state index in [1.165, 1.54) is 5.56 Å². The Morgan fingerprint density at radius 1 is 1.50 bits per heavy atom. The first-order chi connectivity index (χ1) is 5.77. The Labute approximate surface area is 89.8 Å². The quantitative estimate of drug-likeness (QED) is 0.778. The smallest absolute Gasteiger partial charge is 0.0664 e. The SMILES string of the molecule is CCc1ccc(C(Br)CBr)nc1. The Bertz CT molecular complexity index is 233. The van der Waals surface area contributed by atoms with E-state index in [0.717, 1.165) is 17.4 Å². The van der Waals surface area contributed by atoms with Crippen molar-refractivity contribution in [2.45, 2.75) is 18.2 Å². The first kappa shape index (κ1) is 10.2. The molecule has 0 spiro atoms. The third kappa shape index (κ3) is 2.56. The number of hydrogen-bond donors (Lipinski definition) is 0. The van der Waals surface area contributed by atoms with Gasteiger partial charge in [-0.25, -0.2) is 0 Å². The third-order valence-corrected chi connectivity index (χ3v) is 4.02. The van der Waals surface area contributed by atoms with Crippen molar-refractivity contribution in [2.24, 2.45) is 0 Å². The molecule has 66 valence electrons. The number of aromatic nitrogens is 1. The minimum atomic E-state index is 0.323. The summed E-state index contributed by atoms with van der Waals surface area (Å²) in [6, 6.07) is 4.19. The van der Waals surface area contributed by atoms with Gasteiger partial charge in [-0.15, -0.1) is 0 Å². The van der Waals surface area contributed by atoms with Crippen LogP contribution >= 0.6 is 31.9 Å². The molecule has 0 N–H and O–H groups in total. The topological polar surface area (TPSA) is 12.9 Å². The van der Waals surface area contributed by atoms with E-state index in [9.17, 15) is 0 Å². The van der Waals surface area contributed by atoms with Crippen LogP contribution < -0.4 is 0 Å². The molecule has 1 nitrogen and oxygen atoms in total. The molecule has 0 aromatic carbocycles. The molecule has 0 saturated carbocycles. The highest BCUT2D eigenvalue weighted by molar-refractivity contribution is 9.12. The van der Waals surface area contributed by atoms with E-state index >= 15 is 0 Å². The summed E-state index contributed by atoms with van der Waals surface area (Å²) in [6.45, 7) is 2.13. The van der Waals surface area contributed by atoms with Crippen LogP contribution in [0.3, 0.4) is 0 Å². The Morgan fingerprint density at radius 3 is 2.67 bits per heavy atom. The largest absolute Gasteiger partial charge is 0.260 e. The molecule has 1 aromatic heterocycles. The van der Waals surface area contributed by atoms with Gasteiger partial charge in [0.25, 0.3) is 0 Å². The van der Waals surface area contributed by atoms with Gasteiger partial charge in [-0.2, -0.15) is 0 Å². The highest BCUT2D eigenvalue weighted by Gasteiger charge is 2.05. The van der Waals surface area contributed by atoms with Gasteiger partial charge in [0.2, 0.25) is 0 Å². The van der Waals surface area contributed by atoms with Crippen LogP contribution in [0.4, 0.5) is 0 Å². The number of halogens is 2. The lowest BCUT2D eigenvalue weighted by molar-refractivity contribution is 1.01. The summed E-state index contributed by atoms with van der Waals surface area (Å²) in [4.78, 5) is 4.67. The summed E-state index contributed by atoms with van der Waals surface area (Å²) in [6.07, 6.45) is 2.99. The molecule has 0 bridgehead atoms. The van der Waals surface area contributed by atoms with E-state index in [4.69, 9.17) is 0 Å². The van der Waals surface area contributed by atoms with Gasteiger partial charge in [0.15, 0.2) is 0 Å². The van der Waals surface area contributed by atoms with Crippen molar-refractivity contribution in [3.8, 4) is 0 Å². The maximum absolute atomic E-state index is 4.34. The molecule has 0 aliphatic rings. The molecule has 0 radical (unpaired) electrons. The second kappa shape index (κ2) is 4.97. The zero-order chi connectivity index (χ0) is 8.97. The van der Waals surface area contributed by atoms with Crippen molar-refractivity contribution in [1.82, 2.24) is 4.98 Å². The van der Waals surface area contributed by atoms with Gasteiger partial charge in [0.1, 0.15) is 0 Å². The van der Waals surface area contributed by atoms with Gasteiger partial charge >= 0.3 is 0 Å². The van der Waals surface area contributed by atoms with E-state index in [0.29, 0.717) is 4.83 Å². The van der Waals surface area contributed by atoms with Crippen LogP contribution in [-0.2, 0) is 6.42 Å². The Morgan fingerprint density at radius 2 is 2.25 bits per heavy atom. The number of aryl methyl sites for hydroxylation is 1. The molecule has 1 unspecified atom stereocenters. The maximum Gasteiger partial charge on any atom is 0.0664 e. The fourth-order valence-corrected chi connectivity index (χ4v) is 1.51. The average molecular weight is 293 g/mol. The van der Waals surface area contributed by atoms with E-state index in [1.807, 2.05) is 6.20 Å². The lowest BCUT2D eigenvalue weighted by atomic mass is 10.2. The van der Waals surface area contributed by atoms with Crippen LogP contribution in [0.2, 0.25) is 0 Å². The minimum Gasteiger partial charge on any atom is -0.260 e. The van der Waals surface area contributed by atoms with Crippen molar-refractivity contribution in [3.63, 3.8) is 0 Å². The van der Waals surface area contributed by atoms with Crippen LogP contribution in [0.15, 0.2) is 18.3 Å². The Hall–Kier alpha value is 0.110. The van der Waals surface area contributed by atoms with Crippen molar-refractivity contribution in [3.05, 3.63) is 29.6 Å². The number of alkyl halides is 2. The minimum absolute atomic E-state index is 0.323. The zero-order valence-electron chi connectivity index (χ0n) is 6.93. The fraction of sp³-hybridized carbons (Fsp3) is 0.444. The summed E-state index contributed by atoms with van der Waals surface area (Å²) >= 11 is 6.92. The Balaban J connectivity index is 2.77.